The van der Waals surface area contributed by atoms with Crippen molar-refractivity contribution >= 4 is 25.5 Å². The van der Waals surface area contributed by atoms with Crippen LogP contribution in [-0.4, -0.2) is 20.0 Å². The SMILES string of the molecule is O=C(CCS(=O)(=O)Cl)c1ccccc1. The maximum Gasteiger partial charge on any atom is 0.233 e. The summed E-state index contributed by atoms with van der Waals surface area (Å²) in [5.74, 6) is -0.530. The third-order valence-corrected chi connectivity index (χ3v) is 2.82. The van der Waals surface area contributed by atoms with Crippen molar-refractivity contribution in [3.63, 3.8) is 0 Å². The maximum atomic E-state index is 11.4. The van der Waals surface area contributed by atoms with E-state index in [9.17, 15) is 13.2 Å². The summed E-state index contributed by atoms with van der Waals surface area (Å²) in [7, 11) is 1.41. The standard InChI is InChI=1S/C9H9ClO3S/c10-14(12,13)7-6-9(11)8-4-2-1-3-5-8/h1-5H,6-7H2. The van der Waals surface area contributed by atoms with Gasteiger partial charge in [0.05, 0.1) is 5.75 Å². The van der Waals surface area contributed by atoms with Gasteiger partial charge in [-0.25, -0.2) is 8.42 Å². The lowest BCUT2D eigenvalue weighted by atomic mass is 10.1. The highest BCUT2D eigenvalue weighted by atomic mass is 35.7. The molecule has 1 aromatic carbocycles. The number of benzene rings is 1. The Bertz CT molecular complexity index is 411. The third-order valence-electron chi connectivity index (χ3n) is 1.67. The maximum absolute atomic E-state index is 11.4. The molecule has 0 fully saturated rings. The molecular weight excluding hydrogens is 224 g/mol. The lowest BCUT2D eigenvalue weighted by molar-refractivity contribution is 0.0989. The fourth-order valence-corrected chi connectivity index (χ4v) is 1.64. The highest BCUT2D eigenvalue weighted by molar-refractivity contribution is 8.13. The zero-order valence-electron chi connectivity index (χ0n) is 7.31. The quantitative estimate of drug-likeness (QED) is 0.588. The minimum Gasteiger partial charge on any atom is -0.294 e. The Morgan fingerprint density at radius 3 is 2.29 bits per heavy atom. The Morgan fingerprint density at radius 2 is 1.79 bits per heavy atom. The van der Waals surface area contributed by atoms with Crippen LogP contribution in [-0.2, 0) is 9.05 Å². The fourth-order valence-electron chi connectivity index (χ4n) is 0.983. The van der Waals surface area contributed by atoms with Crippen LogP contribution >= 0.6 is 10.7 Å². The highest BCUT2D eigenvalue weighted by Crippen LogP contribution is 2.06. The molecule has 14 heavy (non-hydrogen) atoms. The van der Waals surface area contributed by atoms with Crippen LogP contribution in [0.3, 0.4) is 0 Å². The van der Waals surface area contributed by atoms with Crippen LogP contribution in [0.4, 0.5) is 0 Å². The van der Waals surface area contributed by atoms with E-state index in [-0.39, 0.29) is 18.0 Å². The van der Waals surface area contributed by atoms with Crippen molar-refractivity contribution in [2.75, 3.05) is 5.75 Å². The number of hydrogen-bond acceptors (Lipinski definition) is 3. The molecule has 1 rings (SSSR count). The summed E-state index contributed by atoms with van der Waals surface area (Å²) in [5, 5.41) is 0. The molecule has 0 saturated carbocycles. The first-order chi connectivity index (χ1) is 6.49. The molecule has 0 amide bonds. The second kappa shape index (κ2) is 4.57. The Hall–Kier alpha value is -0.870. The van der Waals surface area contributed by atoms with E-state index in [1.807, 2.05) is 0 Å². The number of hydrogen-bond donors (Lipinski definition) is 0. The largest absolute Gasteiger partial charge is 0.294 e. The minimum atomic E-state index is -3.58. The summed E-state index contributed by atoms with van der Waals surface area (Å²) in [6, 6.07) is 8.52. The van der Waals surface area contributed by atoms with Gasteiger partial charge in [-0.05, 0) is 0 Å². The molecule has 0 aliphatic heterocycles. The van der Waals surface area contributed by atoms with Crippen molar-refractivity contribution in [2.24, 2.45) is 0 Å². The van der Waals surface area contributed by atoms with Gasteiger partial charge >= 0.3 is 0 Å². The number of rotatable bonds is 4. The fraction of sp³-hybridized carbons (Fsp3) is 0.222. The van der Waals surface area contributed by atoms with Crippen molar-refractivity contribution in [1.82, 2.24) is 0 Å². The summed E-state index contributed by atoms with van der Waals surface area (Å²) in [4.78, 5) is 11.4. The van der Waals surface area contributed by atoms with Gasteiger partial charge in [0, 0.05) is 22.7 Å². The monoisotopic (exact) mass is 232 g/mol. The van der Waals surface area contributed by atoms with E-state index in [2.05, 4.69) is 0 Å². The molecule has 0 atom stereocenters. The van der Waals surface area contributed by atoms with Crippen LogP contribution in [0.25, 0.3) is 0 Å². The highest BCUT2D eigenvalue weighted by Gasteiger charge is 2.10. The zero-order chi connectivity index (χ0) is 10.6. The first-order valence-electron chi connectivity index (χ1n) is 3.99. The molecule has 1 aromatic rings. The van der Waals surface area contributed by atoms with Gasteiger partial charge in [-0.3, -0.25) is 4.79 Å². The van der Waals surface area contributed by atoms with Crippen LogP contribution in [0.15, 0.2) is 30.3 Å². The van der Waals surface area contributed by atoms with Gasteiger partial charge in [0.1, 0.15) is 0 Å². The molecular formula is C9H9ClO3S. The van der Waals surface area contributed by atoms with Gasteiger partial charge < -0.3 is 0 Å². The van der Waals surface area contributed by atoms with Gasteiger partial charge in [0.25, 0.3) is 0 Å². The molecule has 5 heteroatoms. The topological polar surface area (TPSA) is 51.2 Å². The third kappa shape index (κ3) is 3.89. The van der Waals surface area contributed by atoms with E-state index < -0.39 is 9.05 Å². The van der Waals surface area contributed by atoms with Crippen molar-refractivity contribution in [3.05, 3.63) is 35.9 Å². The number of halogens is 1. The summed E-state index contributed by atoms with van der Waals surface area (Å²) >= 11 is 0. The average molecular weight is 233 g/mol. The molecule has 0 unspecified atom stereocenters. The molecule has 0 aliphatic rings. The van der Waals surface area contributed by atoms with Crippen LogP contribution in [0.2, 0.25) is 0 Å². The van der Waals surface area contributed by atoms with Crippen LogP contribution in [0.5, 0.6) is 0 Å². The Labute approximate surface area is 87.1 Å². The Kier molecular flexibility index (Phi) is 3.66. The van der Waals surface area contributed by atoms with Crippen LogP contribution < -0.4 is 0 Å². The molecule has 3 nitrogen and oxygen atoms in total. The molecule has 0 bridgehead atoms. The van der Waals surface area contributed by atoms with Crippen molar-refractivity contribution < 1.29 is 13.2 Å². The number of ketones is 1. The lowest BCUT2D eigenvalue weighted by Crippen LogP contribution is -2.06. The molecule has 0 aromatic heterocycles. The second-order valence-corrected chi connectivity index (χ2v) is 5.68. The predicted molar refractivity (Wildman–Crippen MR) is 55.0 cm³/mol. The summed E-state index contributed by atoms with van der Waals surface area (Å²) in [5.41, 5.74) is 0.507. The van der Waals surface area contributed by atoms with Crippen molar-refractivity contribution in [1.29, 1.82) is 0 Å². The lowest BCUT2D eigenvalue weighted by Gasteiger charge is -1.98. The molecule has 0 heterocycles. The normalized spacial score (nSPS) is 11.2. The van der Waals surface area contributed by atoms with E-state index in [4.69, 9.17) is 10.7 Å². The first-order valence-corrected chi connectivity index (χ1v) is 6.47. The first kappa shape index (κ1) is 11.2. The van der Waals surface area contributed by atoms with Gasteiger partial charge in [-0.2, -0.15) is 0 Å². The molecule has 0 aliphatic carbocycles. The molecule has 0 saturated heterocycles. The van der Waals surface area contributed by atoms with E-state index in [0.29, 0.717) is 5.56 Å². The van der Waals surface area contributed by atoms with E-state index in [1.54, 1.807) is 30.3 Å². The minimum absolute atomic E-state index is 0.0736. The van der Waals surface area contributed by atoms with Crippen LogP contribution in [0.1, 0.15) is 16.8 Å². The van der Waals surface area contributed by atoms with Gasteiger partial charge in [0.15, 0.2) is 5.78 Å². The number of carbonyl (C=O) groups excluding carboxylic acids is 1. The molecule has 0 spiro atoms. The summed E-state index contributed by atoms with van der Waals surface area (Å²) < 4.78 is 21.2. The molecule has 76 valence electrons. The molecule has 0 radical (unpaired) electrons. The van der Waals surface area contributed by atoms with Gasteiger partial charge in [-0.15, -0.1) is 0 Å². The van der Waals surface area contributed by atoms with E-state index in [1.165, 1.54) is 0 Å². The Morgan fingerprint density at radius 1 is 1.21 bits per heavy atom. The van der Waals surface area contributed by atoms with E-state index in [0.717, 1.165) is 0 Å². The Balaban J connectivity index is 2.61. The van der Waals surface area contributed by atoms with Crippen LogP contribution in [0, 0.1) is 0 Å². The second-order valence-electron chi connectivity index (χ2n) is 2.78. The zero-order valence-corrected chi connectivity index (χ0v) is 8.88. The number of carbonyl (C=O) groups is 1. The van der Waals surface area contributed by atoms with Crippen molar-refractivity contribution in [3.8, 4) is 0 Å². The average Bonchev–Trinajstić information content (AvgIpc) is 2.14. The van der Waals surface area contributed by atoms with Gasteiger partial charge in [-0.1, -0.05) is 30.3 Å². The predicted octanol–water partition coefficient (Wildman–Crippen LogP) is 1.83. The molecule has 0 N–H and O–H groups in total. The number of Topliss-reactive ketones (excluding diaryl/α,β-unsaturated/α-hetero) is 1. The van der Waals surface area contributed by atoms with Crippen molar-refractivity contribution in [2.45, 2.75) is 6.42 Å². The van der Waals surface area contributed by atoms with Gasteiger partial charge in [0.2, 0.25) is 9.05 Å². The smallest absolute Gasteiger partial charge is 0.233 e. The van der Waals surface area contributed by atoms with E-state index >= 15 is 0 Å². The summed E-state index contributed by atoms with van der Waals surface area (Å²) in [6.45, 7) is 0. The summed E-state index contributed by atoms with van der Waals surface area (Å²) in [6.07, 6.45) is -0.0736.